The molecule has 19 heavy (non-hydrogen) atoms. The van der Waals surface area contributed by atoms with Gasteiger partial charge in [0.2, 0.25) is 0 Å². The Bertz CT molecular complexity index is 427. The second kappa shape index (κ2) is 6.27. The summed E-state index contributed by atoms with van der Waals surface area (Å²) in [5.74, 6) is 0. The molecule has 0 atom stereocenters. The van der Waals surface area contributed by atoms with Crippen LogP contribution in [-0.2, 0) is 6.42 Å². The second-order valence-electron chi connectivity index (χ2n) is 5.69. The molecule has 1 heterocycles. The van der Waals surface area contributed by atoms with Crippen molar-refractivity contribution in [2.24, 2.45) is 11.1 Å². The van der Waals surface area contributed by atoms with E-state index in [0.717, 1.165) is 10.9 Å². The Balaban J connectivity index is 2.23. The first-order valence-electron chi connectivity index (χ1n) is 7.37. The van der Waals surface area contributed by atoms with Crippen molar-refractivity contribution >= 4 is 21.6 Å². The number of nitrogens with zero attached hydrogens (tertiary/aromatic N) is 1. The highest BCUT2D eigenvalue weighted by molar-refractivity contribution is 9.10. The van der Waals surface area contributed by atoms with E-state index in [-0.39, 0.29) is 0 Å². The quantitative estimate of drug-likeness (QED) is 0.888. The van der Waals surface area contributed by atoms with Gasteiger partial charge in [0, 0.05) is 23.2 Å². The van der Waals surface area contributed by atoms with Gasteiger partial charge in [-0.3, -0.25) is 0 Å². The molecule has 1 aromatic rings. The molecule has 0 unspecified atom stereocenters. The lowest BCUT2D eigenvalue weighted by molar-refractivity contribution is 0.301. The highest BCUT2D eigenvalue weighted by Crippen LogP contribution is 2.40. The summed E-state index contributed by atoms with van der Waals surface area (Å²) in [7, 11) is 0. The standard InChI is InChI=1S/C16H25BrN2/c1-3-16(4-2)8-10-19(12-16)15-6-5-14(17)11-13(15)7-9-18/h5-6,11H,3-4,7-10,12,18H2,1-2H3. The van der Waals surface area contributed by atoms with Crippen LogP contribution in [0, 0.1) is 5.41 Å². The minimum absolute atomic E-state index is 0.521. The summed E-state index contributed by atoms with van der Waals surface area (Å²) in [6, 6.07) is 6.61. The first-order valence-corrected chi connectivity index (χ1v) is 8.17. The molecule has 2 nitrogen and oxygen atoms in total. The van der Waals surface area contributed by atoms with Crippen molar-refractivity contribution < 1.29 is 0 Å². The van der Waals surface area contributed by atoms with Crippen LogP contribution in [0.1, 0.15) is 38.7 Å². The normalized spacial score (nSPS) is 18.0. The van der Waals surface area contributed by atoms with Crippen LogP contribution >= 0.6 is 15.9 Å². The van der Waals surface area contributed by atoms with Crippen LogP contribution in [0.3, 0.4) is 0 Å². The Labute approximate surface area is 125 Å². The summed E-state index contributed by atoms with van der Waals surface area (Å²) in [6.07, 6.45) is 4.83. The van der Waals surface area contributed by atoms with Crippen molar-refractivity contribution in [2.45, 2.75) is 39.5 Å². The molecule has 2 rings (SSSR count). The molecule has 3 heteroatoms. The number of anilines is 1. The van der Waals surface area contributed by atoms with Gasteiger partial charge in [-0.05, 0) is 61.4 Å². The van der Waals surface area contributed by atoms with E-state index in [1.165, 1.54) is 43.6 Å². The predicted octanol–water partition coefficient (Wildman–Crippen LogP) is 3.97. The molecule has 1 aliphatic heterocycles. The van der Waals surface area contributed by atoms with Gasteiger partial charge in [0.15, 0.2) is 0 Å². The maximum Gasteiger partial charge on any atom is 0.0400 e. The van der Waals surface area contributed by atoms with E-state index in [0.29, 0.717) is 12.0 Å². The third-order valence-corrected chi connectivity index (χ3v) is 5.23. The van der Waals surface area contributed by atoms with Gasteiger partial charge < -0.3 is 10.6 Å². The average Bonchev–Trinajstić information content (AvgIpc) is 2.84. The molecule has 1 fully saturated rings. The Hall–Kier alpha value is -0.540. The van der Waals surface area contributed by atoms with Crippen LogP contribution < -0.4 is 10.6 Å². The summed E-state index contributed by atoms with van der Waals surface area (Å²) in [5.41, 5.74) is 9.03. The summed E-state index contributed by atoms with van der Waals surface area (Å²) < 4.78 is 1.15. The Morgan fingerprint density at radius 2 is 2.05 bits per heavy atom. The van der Waals surface area contributed by atoms with Crippen molar-refractivity contribution in [3.63, 3.8) is 0 Å². The predicted molar refractivity (Wildman–Crippen MR) is 86.7 cm³/mol. The van der Waals surface area contributed by atoms with Crippen LogP contribution in [0.4, 0.5) is 5.69 Å². The lowest BCUT2D eigenvalue weighted by Crippen LogP contribution is -2.27. The Morgan fingerprint density at radius 1 is 1.32 bits per heavy atom. The summed E-state index contributed by atoms with van der Waals surface area (Å²) in [4.78, 5) is 2.56. The number of halogens is 1. The highest BCUT2D eigenvalue weighted by Gasteiger charge is 2.35. The number of benzene rings is 1. The molecule has 0 radical (unpaired) electrons. The minimum Gasteiger partial charge on any atom is -0.371 e. The maximum absolute atomic E-state index is 5.75. The van der Waals surface area contributed by atoms with E-state index in [1.54, 1.807) is 0 Å². The zero-order valence-corrected chi connectivity index (χ0v) is 13.7. The molecule has 1 saturated heterocycles. The van der Waals surface area contributed by atoms with E-state index in [4.69, 9.17) is 5.73 Å². The van der Waals surface area contributed by atoms with Gasteiger partial charge in [0.25, 0.3) is 0 Å². The third kappa shape index (κ3) is 3.14. The third-order valence-electron chi connectivity index (χ3n) is 4.73. The van der Waals surface area contributed by atoms with Crippen LogP contribution in [0.2, 0.25) is 0 Å². The van der Waals surface area contributed by atoms with Crippen molar-refractivity contribution in [1.82, 2.24) is 0 Å². The largest absolute Gasteiger partial charge is 0.371 e. The molecule has 1 aromatic carbocycles. The first kappa shape index (κ1) is 14.9. The molecule has 1 aliphatic rings. The van der Waals surface area contributed by atoms with Crippen LogP contribution in [0.5, 0.6) is 0 Å². The Kier molecular flexibility index (Phi) is 4.91. The lowest BCUT2D eigenvalue weighted by atomic mass is 9.82. The Morgan fingerprint density at radius 3 is 2.63 bits per heavy atom. The van der Waals surface area contributed by atoms with Gasteiger partial charge in [-0.1, -0.05) is 29.8 Å². The summed E-state index contributed by atoms with van der Waals surface area (Å²) in [6.45, 7) is 7.74. The monoisotopic (exact) mass is 324 g/mol. The van der Waals surface area contributed by atoms with Gasteiger partial charge in [-0.25, -0.2) is 0 Å². The molecule has 2 N–H and O–H groups in total. The second-order valence-corrected chi connectivity index (χ2v) is 6.61. The topological polar surface area (TPSA) is 29.3 Å². The number of hydrogen-bond acceptors (Lipinski definition) is 2. The fraction of sp³-hybridized carbons (Fsp3) is 0.625. The van der Waals surface area contributed by atoms with Crippen molar-refractivity contribution in [2.75, 3.05) is 24.5 Å². The molecule has 0 saturated carbocycles. The number of nitrogens with two attached hydrogens (primary N) is 1. The molecule has 0 bridgehead atoms. The SMILES string of the molecule is CCC1(CC)CCN(c2ccc(Br)cc2CCN)C1. The minimum atomic E-state index is 0.521. The van der Waals surface area contributed by atoms with Gasteiger partial charge in [0.05, 0.1) is 0 Å². The molecule has 0 aromatic heterocycles. The van der Waals surface area contributed by atoms with Crippen molar-refractivity contribution in [3.8, 4) is 0 Å². The number of hydrogen-bond donors (Lipinski definition) is 1. The van der Waals surface area contributed by atoms with Gasteiger partial charge in [0.1, 0.15) is 0 Å². The average molecular weight is 325 g/mol. The summed E-state index contributed by atoms with van der Waals surface area (Å²) in [5, 5.41) is 0. The van der Waals surface area contributed by atoms with E-state index in [2.05, 4.69) is 52.9 Å². The van der Waals surface area contributed by atoms with E-state index in [1.807, 2.05) is 0 Å². The molecular formula is C16H25BrN2. The van der Waals surface area contributed by atoms with E-state index >= 15 is 0 Å². The van der Waals surface area contributed by atoms with Crippen LogP contribution in [-0.4, -0.2) is 19.6 Å². The van der Waals surface area contributed by atoms with Crippen molar-refractivity contribution in [1.29, 1.82) is 0 Å². The smallest absolute Gasteiger partial charge is 0.0400 e. The van der Waals surface area contributed by atoms with E-state index < -0.39 is 0 Å². The van der Waals surface area contributed by atoms with Gasteiger partial charge >= 0.3 is 0 Å². The van der Waals surface area contributed by atoms with Gasteiger partial charge in [-0.15, -0.1) is 0 Å². The van der Waals surface area contributed by atoms with E-state index in [9.17, 15) is 0 Å². The van der Waals surface area contributed by atoms with Crippen LogP contribution in [0.25, 0.3) is 0 Å². The zero-order valence-electron chi connectivity index (χ0n) is 12.1. The fourth-order valence-electron chi connectivity index (χ4n) is 3.19. The molecule has 0 aliphatic carbocycles. The van der Waals surface area contributed by atoms with Crippen molar-refractivity contribution in [3.05, 3.63) is 28.2 Å². The lowest BCUT2D eigenvalue weighted by Gasteiger charge is -2.28. The summed E-state index contributed by atoms with van der Waals surface area (Å²) >= 11 is 3.57. The molecule has 0 spiro atoms. The fourth-order valence-corrected chi connectivity index (χ4v) is 3.59. The van der Waals surface area contributed by atoms with Gasteiger partial charge in [-0.2, -0.15) is 0 Å². The van der Waals surface area contributed by atoms with Crippen LogP contribution in [0.15, 0.2) is 22.7 Å². The highest BCUT2D eigenvalue weighted by atomic mass is 79.9. The number of rotatable bonds is 5. The molecule has 0 amide bonds. The molecular weight excluding hydrogens is 300 g/mol. The maximum atomic E-state index is 5.75. The zero-order chi connectivity index (χ0) is 13.9. The first-order chi connectivity index (χ1) is 9.14. The molecule has 106 valence electrons.